The number of hydrogen-bond donors (Lipinski definition) is 2. The molecule has 6 heteroatoms. The molecule has 0 aliphatic heterocycles. The zero-order chi connectivity index (χ0) is 12.1. The van der Waals surface area contributed by atoms with Crippen LogP contribution in [0.1, 0.15) is 32.4 Å². The van der Waals surface area contributed by atoms with Gasteiger partial charge in [0.1, 0.15) is 11.7 Å². The standard InChI is InChI=1S/C10H19N5O/c1-4-8-12-9(5-2)15(13-8)6-7(3)10(11)14-16/h7,16H,4-6H2,1-3H3,(H2,11,14). The summed E-state index contributed by atoms with van der Waals surface area (Å²) < 4.78 is 1.83. The number of amidine groups is 1. The van der Waals surface area contributed by atoms with Crippen LogP contribution < -0.4 is 5.73 Å². The van der Waals surface area contributed by atoms with Crippen molar-refractivity contribution in [2.24, 2.45) is 16.8 Å². The third-order valence-corrected chi connectivity index (χ3v) is 2.49. The molecule has 0 aromatic carbocycles. The van der Waals surface area contributed by atoms with E-state index in [1.54, 1.807) is 0 Å². The molecular formula is C10H19N5O. The smallest absolute Gasteiger partial charge is 0.150 e. The largest absolute Gasteiger partial charge is 0.409 e. The van der Waals surface area contributed by atoms with Gasteiger partial charge in [-0.05, 0) is 0 Å². The SMILES string of the molecule is CCc1nc(CC)n(CC(C)C(N)=NO)n1. The highest BCUT2D eigenvalue weighted by Gasteiger charge is 2.13. The second kappa shape index (κ2) is 5.48. The molecule has 1 unspecified atom stereocenters. The molecular weight excluding hydrogens is 206 g/mol. The summed E-state index contributed by atoms with van der Waals surface area (Å²) in [5.41, 5.74) is 5.53. The number of aromatic nitrogens is 3. The van der Waals surface area contributed by atoms with Gasteiger partial charge in [-0.1, -0.05) is 25.9 Å². The average Bonchev–Trinajstić information content (AvgIpc) is 2.70. The maximum Gasteiger partial charge on any atom is 0.150 e. The molecule has 0 amide bonds. The molecule has 0 radical (unpaired) electrons. The molecule has 0 fully saturated rings. The van der Waals surface area contributed by atoms with Gasteiger partial charge < -0.3 is 10.9 Å². The first-order valence-electron chi connectivity index (χ1n) is 5.52. The fourth-order valence-electron chi connectivity index (χ4n) is 1.44. The first-order chi connectivity index (χ1) is 7.62. The molecule has 1 aromatic rings. The van der Waals surface area contributed by atoms with Crippen LogP contribution in [0.15, 0.2) is 5.16 Å². The van der Waals surface area contributed by atoms with Gasteiger partial charge in [-0.15, -0.1) is 0 Å². The first kappa shape index (κ1) is 12.5. The minimum atomic E-state index is -0.0540. The molecule has 1 heterocycles. The molecule has 90 valence electrons. The Morgan fingerprint density at radius 3 is 2.69 bits per heavy atom. The second-order valence-corrected chi connectivity index (χ2v) is 3.76. The van der Waals surface area contributed by atoms with Crippen LogP contribution >= 0.6 is 0 Å². The van der Waals surface area contributed by atoms with Crippen LogP contribution in [0.5, 0.6) is 0 Å². The highest BCUT2D eigenvalue weighted by atomic mass is 16.4. The van der Waals surface area contributed by atoms with Crippen LogP contribution in [-0.2, 0) is 19.4 Å². The Balaban J connectivity index is 2.83. The second-order valence-electron chi connectivity index (χ2n) is 3.76. The minimum Gasteiger partial charge on any atom is -0.409 e. The van der Waals surface area contributed by atoms with Gasteiger partial charge in [0.15, 0.2) is 5.82 Å². The molecule has 0 spiro atoms. The van der Waals surface area contributed by atoms with E-state index >= 15 is 0 Å². The van der Waals surface area contributed by atoms with Crippen LogP contribution in [-0.4, -0.2) is 25.8 Å². The van der Waals surface area contributed by atoms with Crippen molar-refractivity contribution >= 4 is 5.84 Å². The van der Waals surface area contributed by atoms with Crippen molar-refractivity contribution in [2.75, 3.05) is 0 Å². The van der Waals surface area contributed by atoms with E-state index in [1.807, 2.05) is 25.5 Å². The summed E-state index contributed by atoms with van der Waals surface area (Å²) in [5.74, 6) is 1.94. The van der Waals surface area contributed by atoms with Gasteiger partial charge in [0.05, 0.1) is 6.54 Å². The Kier molecular flexibility index (Phi) is 4.28. The molecule has 1 rings (SSSR count). The summed E-state index contributed by atoms with van der Waals surface area (Å²) in [5, 5.41) is 15.9. The van der Waals surface area contributed by atoms with E-state index in [4.69, 9.17) is 10.9 Å². The van der Waals surface area contributed by atoms with Gasteiger partial charge >= 0.3 is 0 Å². The van der Waals surface area contributed by atoms with Crippen molar-refractivity contribution in [3.8, 4) is 0 Å². The summed E-state index contributed by atoms with van der Waals surface area (Å²) in [6.07, 6.45) is 1.65. The number of oxime groups is 1. The normalized spacial score (nSPS) is 14.1. The van der Waals surface area contributed by atoms with E-state index in [1.165, 1.54) is 0 Å². The lowest BCUT2D eigenvalue weighted by Crippen LogP contribution is -2.26. The molecule has 0 bridgehead atoms. The lowest BCUT2D eigenvalue weighted by molar-refractivity contribution is 0.312. The Morgan fingerprint density at radius 1 is 1.50 bits per heavy atom. The van der Waals surface area contributed by atoms with Gasteiger partial charge in [-0.2, -0.15) is 5.10 Å². The third kappa shape index (κ3) is 2.71. The number of nitrogens with zero attached hydrogens (tertiary/aromatic N) is 4. The van der Waals surface area contributed by atoms with E-state index in [2.05, 4.69) is 15.2 Å². The number of rotatable bonds is 5. The molecule has 0 saturated carbocycles. The highest BCUT2D eigenvalue weighted by molar-refractivity contribution is 5.81. The summed E-state index contributed by atoms with van der Waals surface area (Å²) in [6, 6.07) is 0. The van der Waals surface area contributed by atoms with Crippen LogP contribution in [0.2, 0.25) is 0 Å². The molecule has 0 aliphatic rings. The highest BCUT2D eigenvalue weighted by Crippen LogP contribution is 2.06. The van der Waals surface area contributed by atoms with Crippen molar-refractivity contribution in [3.63, 3.8) is 0 Å². The fourth-order valence-corrected chi connectivity index (χ4v) is 1.44. The molecule has 1 atom stereocenters. The molecule has 0 saturated heterocycles. The lowest BCUT2D eigenvalue weighted by atomic mass is 10.1. The quantitative estimate of drug-likeness (QED) is 0.335. The van der Waals surface area contributed by atoms with Crippen molar-refractivity contribution in [3.05, 3.63) is 11.6 Å². The Hall–Kier alpha value is -1.59. The van der Waals surface area contributed by atoms with Crippen LogP contribution in [0.25, 0.3) is 0 Å². The zero-order valence-corrected chi connectivity index (χ0v) is 10.0. The first-order valence-corrected chi connectivity index (χ1v) is 5.52. The molecule has 1 aromatic heterocycles. The van der Waals surface area contributed by atoms with Gasteiger partial charge in [0.25, 0.3) is 0 Å². The minimum absolute atomic E-state index is 0.0540. The molecule has 16 heavy (non-hydrogen) atoms. The summed E-state index contributed by atoms with van der Waals surface area (Å²) in [4.78, 5) is 4.39. The summed E-state index contributed by atoms with van der Waals surface area (Å²) >= 11 is 0. The van der Waals surface area contributed by atoms with Crippen molar-refractivity contribution < 1.29 is 5.21 Å². The summed E-state index contributed by atoms with van der Waals surface area (Å²) in [7, 11) is 0. The third-order valence-electron chi connectivity index (χ3n) is 2.49. The number of aryl methyl sites for hydroxylation is 2. The maximum atomic E-state index is 8.58. The van der Waals surface area contributed by atoms with E-state index in [0.29, 0.717) is 6.54 Å². The van der Waals surface area contributed by atoms with Crippen LogP contribution in [0.3, 0.4) is 0 Å². The van der Waals surface area contributed by atoms with Crippen molar-refractivity contribution in [2.45, 2.75) is 40.2 Å². The Labute approximate surface area is 95.2 Å². The van der Waals surface area contributed by atoms with Crippen LogP contribution in [0, 0.1) is 5.92 Å². The van der Waals surface area contributed by atoms with E-state index < -0.39 is 0 Å². The molecule has 6 nitrogen and oxygen atoms in total. The Bertz CT molecular complexity index is 371. The topological polar surface area (TPSA) is 89.3 Å². The van der Waals surface area contributed by atoms with Gasteiger partial charge in [0, 0.05) is 18.8 Å². The predicted octanol–water partition coefficient (Wildman–Crippen LogP) is 0.785. The molecule has 0 aliphatic carbocycles. The van der Waals surface area contributed by atoms with Crippen molar-refractivity contribution in [1.29, 1.82) is 0 Å². The van der Waals surface area contributed by atoms with Gasteiger partial charge in [-0.3, -0.25) is 0 Å². The fraction of sp³-hybridized carbons (Fsp3) is 0.700. The Morgan fingerprint density at radius 2 is 2.19 bits per heavy atom. The maximum absolute atomic E-state index is 8.58. The predicted molar refractivity (Wildman–Crippen MR) is 61.4 cm³/mol. The van der Waals surface area contributed by atoms with E-state index in [0.717, 1.165) is 24.5 Å². The van der Waals surface area contributed by atoms with Crippen molar-refractivity contribution in [1.82, 2.24) is 14.8 Å². The van der Waals surface area contributed by atoms with Gasteiger partial charge in [0.2, 0.25) is 0 Å². The number of nitrogens with two attached hydrogens (primary N) is 1. The zero-order valence-electron chi connectivity index (χ0n) is 10.0. The lowest BCUT2D eigenvalue weighted by Gasteiger charge is -2.10. The van der Waals surface area contributed by atoms with Gasteiger partial charge in [-0.25, -0.2) is 9.67 Å². The number of hydrogen-bond acceptors (Lipinski definition) is 4. The van der Waals surface area contributed by atoms with E-state index in [-0.39, 0.29) is 11.8 Å². The molecule has 3 N–H and O–H groups in total. The monoisotopic (exact) mass is 225 g/mol. The van der Waals surface area contributed by atoms with E-state index in [9.17, 15) is 0 Å². The average molecular weight is 225 g/mol. The van der Waals surface area contributed by atoms with Crippen LogP contribution in [0.4, 0.5) is 0 Å². The summed E-state index contributed by atoms with van der Waals surface area (Å²) in [6.45, 7) is 6.54.